The lowest BCUT2D eigenvalue weighted by molar-refractivity contribution is -0.255. The van der Waals surface area contributed by atoms with Crippen LogP contribution < -0.4 is 0 Å². The Hall–Kier alpha value is -0.640. The van der Waals surface area contributed by atoms with Crippen LogP contribution >= 0.6 is 0 Å². The van der Waals surface area contributed by atoms with Gasteiger partial charge in [-0.2, -0.15) is 4.89 Å². The first-order valence-corrected chi connectivity index (χ1v) is 1.60. The molecule has 0 aliphatic heterocycles. The second kappa shape index (κ2) is 3.55. The van der Waals surface area contributed by atoms with E-state index in [-0.39, 0.29) is 0 Å². The van der Waals surface area contributed by atoms with E-state index in [1.165, 1.54) is 0 Å². The van der Waals surface area contributed by atoms with Crippen LogP contribution in [0, 0.1) is 0 Å². The molecular formula is C3H5FO3. The Morgan fingerprint density at radius 3 is 2.57 bits per heavy atom. The normalized spacial score (nSPS) is 8.29. The van der Waals surface area contributed by atoms with Crippen molar-refractivity contribution in [1.82, 2.24) is 0 Å². The van der Waals surface area contributed by atoms with Crippen LogP contribution in [0.25, 0.3) is 0 Å². The number of rotatable bonds is 2. The molecule has 0 saturated carbocycles. The molecule has 0 rings (SSSR count). The molecule has 0 unspecified atom stereocenters. The van der Waals surface area contributed by atoms with Crippen LogP contribution in [0.15, 0.2) is 0 Å². The molecule has 0 aliphatic rings. The summed E-state index contributed by atoms with van der Waals surface area (Å²) in [5.74, 6) is -1.01. The Morgan fingerprint density at radius 2 is 2.43 bits per heavy atom. The van der Waals surface area contributed by atoms with E-state index < -0.39 is 12.6 Å². The number of alkyl halides is 1. The van der Waals surface area contributed by atoms with Crippen molar-refractivity contribution >= 4 is 5.97 Å². The van der Waals surface area contributed by atoms with Crippen molar-refractivity contribution in [2.24, 2.45) is 0 Å². The topological polar surface area (TPSA) is 35.5 Å². The standard InChI is InChI=1S/C3H5FO3/c1-6-7-3(5)2-4/h2H2,1H3. The molecule has 0 heterocycles. The maximum Gasteiger partial charge on any atom is 0.373 e. The fraction of sp³-hybridized carbons (Fsp3) is 0.667. The van der Waals surface area contributed by atoms with Crippen LogP contribution in [-0.4, -0.2) is 19.8 Å². The molecule has 0 amide bonds. The SMILES string of the molecule is COOC(=O)CF. The van der Waals surface area contributed by atoms with Gasteiger partial charge in [0.1, 0.15) is 0 Å². The third-order valence-electron chi connectivity index (χ3n) is 0.285. The Balaban J connectivity index is 3.00. The minimum atomic E-state index is -1.14. The van der Waals surface area contributed by atoms with E-state index in [4.69, 9.17) is 0 Å². The summed E-state index contributed by atoms with van der Waals surface area (Å²) in [4.78, 5) is 17.2. The van der Waals surface area contributed by atoms with Crippen LogP contribution in [-0.2, 0) is 14.6 Å². The van der Waals surface area contributed by atoms with Crippen molar-refractivity contribution < 1.29 is 19.0 Å². The van der Waals surface area contributed by atoms with E-state index in [2.05, 4.69) is 9.78 Å². The van der Waals surface area contributed by atoms with Crippen molar-refractivity contribution in [1.29, 1.82) is 0 Å². The predicted molar refractivity (Wildman–Crippen MR) is 19.1 cm³/mol. The first-order chi connectivity index (χ1) is 3.31. The summed E-state index contributed by atoms with van der Waals surface area (Å²) in [6.07, 6.45) is 0. The fourth-order valence-electron chi connectivity index (χ4n) is 0.115. The minimum Gasteiger partial charge on any atom is -0.296 e. The highest BCUT2D eigenvalue weighted by Crippen LogP contribution is 1.76. The van der Waals surface area contributed by atoms with Gasteiger partial charge >= 0.3 is 5.97 Å². The van der Waals surface area contributed by atoms with Gasteiger partial charge in [-0.15, -0.1) is 0 Å². The average molecular weight is 108 g/mol. The minimum absolute atomic E-state index is 1.01. The summed E-state index contributed by atoms with van der Waals surface area (Å²) in [7, 11) is 1.13. The lowest BCUT2D eigenvalue weighted by Gasteiger charge is -1.90. The molecule has 0 bridgehead atoms. The van der Waals surface area contributed by atoms with Gasteiger partial charge in [-0.3, -0.25) is 4.89 Å². The summed E-state index contributed by atoms with van der Waals surface area (Å²) in [5, 5.41) is 0. The number of hydrogen-bond donors (Lipinski definition) is 0. The molecule has 0 atom stereocenters. The first-order valence-electron chi connectivity index (χ1n) is 1.60. The molecule has 42 valence electrons. The second-order valence-corrected chi connectivity index (χ2v) is 0.756. The largest absolute Gasteiger partial charge is 0.373 e. The van der Waals surface area contributed by atoms with Crippen LogP contribution in [0.3, 0.4) is 0 Å². The first kappa shape index (κ1) is 6.36. The van der Waals surface area contributed by atoms with E-state index in [0.717, 1.165) is 7.11 Å². The van der Waals surface area contributed by atoms with Crippen LogP contribution in [0.4, 0.5) is 4.39 Å². The Bertz CT molecular complexity index is 63.2. The van der Waals surface area contributed by atoms with Crippen molar-refractivity contribution in [2.75, 3.05) is 13.8 Å². The maximum absolute atomic E-state index is 11.0. The summed E-state index contributed by atoms with van der Waals surface area (Å²) in [6, 6.07) is 0. The molecular weight excluding hydrogens is 103 g/mol. The van der Waals surface area contributed by atoms with Crippen molar-refractivity contribution in [3.63, 3.8) is 0 Å². The Kier molecular flexibility index (Phi) is 3.22. The molecule has 7 heavy (non-hydrogen) atoms. The molecule has 0 aromatic heterocycles. The number of hydrogen-bond acceptors (Lipinski definition) is 3. The van der Waals surface area contributed by atoms with Gasteiger partial charge in [0.2, 0.25) is 0 Å². The smallest absolute Gasteiger partial charge is 0.296 e. The Labute approximate surface area is 40.0 Å². The molecule has 0 saturated heterocycles. The second-order valence-electron chi connectivity index (χ2n) is 0.756. The molecule has 3 nitrogen and oxygen atoms in total. The van der Waals surface area contributed by atoms with E-state index in [1.54, 1.807) is 0 Å². The zero-order valence-electron chi connectivity index (χ0n) is 3.81. The molecule has 0 fully saturated rings. The quantitative estimate of drug-likeness (QED) is 0.370. The molecule has 0 aromatic rings. The van der Waals surface area contributed by atoms with Crippen molar-refractivity contribution in [2.45, 2.75) is 0 Å². The van der Waals surface area contributed by atoms with E-state index in [9.17, 15) is 9.18 Å². The lowest BCUT2D eigenvalue weighted by atomic mass is 10.8. The molecule has 0 N–H and O–H groups in total. The van der Waals surface area contributed by atoms with Crippen LogP contribution in [0.2, 0.25) is 0 Å². The van der Waals surface area contributed by atoms with Gasteiger partial charge < -0.3 is 0 Å². The third kappa shape index (κ3) is 3.18. The summed E-state index contributed by atoms with van der Waals surface area (Å²) < 4.78 is 11.0. The van der Waals surface area contributed by atoms with Gasteiger partial charge in [-0.05, 0) is 0 Å². The van der Waals surface area contributed by atoms with Crippen molar-refractivity contribution in [3.8, 4) is 0 Å². The summed E-state index contributed by atoms with van der Waals surface area (Å²) in [5.41, 5.74) is 0. The van der Waals surface area contributed by atoms with Crippen LogP contribution in [0.1, 0.15) is 0 Å². The monoisotopic (exact) mass is 108 g/mol. The van der Waals surface area contributed by atoms with Gasteiger partial charge in [0, 0.05) is 0 Å². The molecule has 0 spiro atoms. The highest BCUT2D eigenvalue weighted by molar-refractivity contribution is 5.69. The fourth-order valence-corrected chi connectivity index (χ4v) is 0.115. The number of carbonyl (C=O) groups excluding carboxylic acids is 1. The molecule has 0 aliphatic carbocycles. The predicted octanol–water partition coefficient (Wildman–Crippen LogP) is 0.0605. The zero-order valence-corrected chi connectivity index (χ0v) is 3.81. The van der Waals surface area contributed by atoms with Gasteiger partial charge in [-0.1, -0.05) is 0 Å². The summed E-state index contributed by atoms with van der Waals surface area (Å²) >= 11 is 0. The summed E-state index contributed by atoms with van der Waals surface area (Å²) in [6.45, 7) is -1.14. The van der Waals surface area contributed by atoms with E-state index in [1.807, 2.05) is 0 Å². The highest BCUT2D eigenvalue weighted by Gasteiger charge is 1.97. The number of carbonyl (C=O) groups is 1. The molecule has 0 aromatic carbocycles. The van der Waals surface area contributed by atoms with Gasteiger partial charge in [0.05, 0.1) is 7.11 Å². The average Bonchev–Trinajstić information content (AvgIpc) is 1.68. The molecule has 4 heteroatoms. The number of halogens is 1. The van der Waals surface area contributed by atoms with Gasteiger partial charge in [-0.25, -0.2) is 9.18 Å². The Morgan fingerprint density at radius 1 is 1.86 bits per heavy atom. The lowest BCUT2D eigenvalue weighted by Crippen LogP contribution is -2.04. The maximum atomic E-state index is 11.0. The van der Waals surface area contributed by atoms with E-state index in [0.29, 0.717) is 0 Å². The highest BCUT2D eigenvalue weighted by atomic mass is 19.1. The molecule has 0 radical (unpaired) electrons. The van der Waals surface area contributed by atoms with Crippen molar-refractivity contribution in [3.05, 3.63) is 0 Å². The van der Waals surface area contributed by atoms with Gasteiger partial charge in [0.15, 0.2) is 6.67 Å². The van der Waals surface area contributed by atoms with E-state index >= 15 is 0 Å². The third-order valence-corrected chi connectivity index (χ3v) is 0.285. The van der Waals surface area contributed by atoms with Gasteiger partial charge in [0.25, 0.3) is 0 Å². The zero-order chi connectivity index (χ0) is 5.70. The van der Waals surface area contributed by atoms with Crippen LogP contribution in [0.5, 0.6) is 0 Å².